The van der Waals surface area contributed by atoms with E-state index in [9.17, 15) is 9.59 Å². The number of thiophene rings is 1. The standard InChI is InChI=1S/C22H18ClN3O2S2/c1-12-16(23)9-6-10-17(12)24-19(27)13(2)30-22-25-20(28)18-15(11-29-21(18)26-22)14-7-4-3-5-8-14/h3-11,13H,1-2H3,(H,24,27)(H,25,26,28). The Balaban J connectivity index is 1.56. The number of anilines is 1. The number of benzene rings is 2. The van der Waals surface area contributed by atoms with Crippen LogP contribution in [-0.2, 0) is 4.79 Å². The number of halogens is 1. The molecule has 0 bridgehead atoms. The second kappa shape index (κ2) is 8.63. The van der Waals surface area contributed by atoms with Crippen molar-refractivity contribution in [3.63, 3.8) is 0 Å². The van der Waals surface area contributed by atoms with Gasteiger partial charge >= 0.3 is 0 Å². The van der Waals surface area contributed by atoms with E-state index in [0.29, 0.717) is 26.1 Å². The SMILES string of the molecule is Cc1c(Cl)cccc1NC(=O)C(C)Sc1nc2scc(-c3ccccc3)c2c(=O)[nH]1. The van der Waals surface area contributed by atoms with Crippen LogP contribution in [0.25, 0.3) is 21.3 Å². The Morgan fingerprint density at radius 2 is 1.97 bits per heavy atom. The number of fused-ring (bicyclic) bond motifs is 1. The average molecular weight is 456 g/mol. The molecule has 4 rings (SSSR count). The molecule has 0 aliphatic rings. The predicted octanol–water partition coefficient (Wildman–Crippen LogP) is 5.73. The Morgan fingerprint density at radius 1 is 1.20 bits per heavy atom. The van der Waals surface area contributed by atoms with Crippen LogP contribution in [0.4, 0.5) is 5.69 Å². The monoisotopic (exact) mass is 455 g/mol. The van der Waals surface area contributed by atoms with E-state index >= 15 is 0 Å². The Bertz CT molecular complexity index is 1280. The van der Waals surface area contributed by atoms with Gasteiger partial charge in [-0.15, -0.1) is 11.3 Å². The zero-order valence-corrected chi connectivity index (χ0v) is 18.6. The van der Waals surface area contributed by atoms with Gasteiger partial charge in [0.25, 0.3) is 5.56 Å². The molecule has 0 saturated heterocycles. The highest BCUT2D eigenvalue weighted by Crippen LogP contribution is 2.32. The molecule has 0 saturated carbocycles. The average Bonchev–Trinajstić information content (AvgIpc) is 3.16. The molecule has 30 heavy (non-hydrogen) atoms. The molecule has 152 valence electrons. The van der Waals surface area contributed by atoms with Crippen molar-refractivity contribution in [2.75, 3.05) is 5.32 Å². The molecule has 1 amide bonds. The first-order valence-electron chi connectivity index (χ1n) is 9.23. The maximum atomic E-state index is 12.8. The summed E-state index contributed by atoms with van der Waals surface area (Å²) in [5, 5.41) is 5.95. The largest absolute Gasteiger partial charge is 0.325 e. The van der Waals surface area contributed by atoms with E-state index in [1.54, 1.807) is 25.1 Å². The number of H-pyrrole nitrogens is 1. The zero-order chi connectivity index (χ0) is 21.3. The van der Waals surface area contributed by atoms with Gasteiger partial charge in [-0.2, -0.15) is 0 Å². The number of rotatable bonds is 5. The normalized spacial score (nSPS) is 12.1. The van der Waals surface area contributed by atoms with Crippen molar-refractivity contribution < 1.29 is 4.79 Å². The van der Waals surface area contributed by atoms with E-state index in [-0.39, 0.29) is 11.5 Å². The molecule has 1 atom stereocenters. The molecule has 4 aromatic rings. The third-order valence-electron chi connectivity index (χ3n) is 4.69. The van der Waals surface area contributed by atoms with Crippen LogP contribution >= 0.6 is 34.7 Å². The van der Waals surface area contributed by atoms with Crippen molar-refractivity contribution in [3.05, 3.63) is 74.9 Å². The molecule has 1 unspecified atom stereocenters. The third-order valence-corrected chi connectivity index (χ3v) is 6.96. The second-order valence-corrected chi connectivity index (χ2v) is 9.32. The van der Waals surface area contributed by atoms with Crippen LogP contribution in [0.5, 0.6) is 0 Å². The highest BCUT2D eigenvalue weighted by Gasteiger charge is 2.19. The number of carbonyl (C=O) groups excluding carboxylic acids is 1. The Hall–Kier alpha value is -2.61. The van der Waals surface area contributed by atoms with Crippen molar-refractivity contribution in [3.8, 4) is 11.1 Å². The maximum absolute atomic E-state index is 12.8. The summed E-state index contributed by atoms with van der Waals surface area (Å²) in [5.41, 5.74) is 3.11. The van der Waals surface area contributed by atoms with Gasteiger partial charge in [-0.3, -0.25) is 9.59 Å². The fraction of sp³-hybridized carbons (Fsp3) is 0.136. The van der Waals surface area contributed by atoms with Crippen molar-refractivity contribution in [2.45, 2.75) is 24.3 Å². The van der Waals surface area contributed by atoms with Crippen molar-refractivity contribution in [2.24, 2.45) is 0 Å². The Kier molecular flexibility index (Phi) is 5.94. The molecule has 0 fully saturated rings. The fourth-order valence-electron chi connectivity index (χ4n) is 3.01. The van der Waals surface area contributed by atoms with Crippen LogP contribution in [0.3, 0.4) is 0 Å². The molecule has 5 nitrogen and oxygen atoms in total. The lowest BCUT2D eigenvalue weighted by molar-refractivity contribution is -0.115. The lowest BCUT2D eigenvalue weighted by Crippen LogP contribution is -2.23. The van der Waals surface area contributed by atoms with E-state index in [4.69, 9.17) is 11.6 Å². The lowest BCUT2D eigenvalue weighted by atomic mass is 10.1. The molecular formula is C22H18ClN3O2S2. The predicted molar refractivity (Wildman–Crippen MR) is 126 cm³/mol. The van der Waals surface area contributed by atoms with Crippen LogP contribution < -0.4 is 10.9 Å². The van der Waals surface area contributed by atoms with Crippen LogP contribution in [0.2, 0.25) is 5.02 Å². The number of thioether (sulfide) groups is 1. The minimum Gasteiger partial charge on any atom is -0.325 e. The van der Waals surface area contributed by atoms with E-state index < -0.39 is 5.25 Å². The number of aromatic nitrogens is 2. The number of hydrogen-bond acceptors (Lipinski definition) is 5. The molecule has 8 heteroatoms. The number of amides is 1. The highest BCUT2D eigenvalue weighted by atomic mass is 35.5. The summed E-state index contributed by atoms with van der Waals surface area (Å²) in [6.07, 6.45) is 0. The van der Waals surface area contributed by atoms with Gasteiger partial charge < -0.3 is 10.3 Å². The number of carbonyl (C=O) groups is 1. The third kappa shape index (κ3) is 4.14. The van der Waals surface area contributed by atoms with Crippen LogP contribution in [0.1, 0.15) is 12.5 Å². The molecule has 0 aliphatic carbocycles. The molecule has 0 radical (unpaired) electrons. The van der Waals surface area contributed by atoms with E-state index in [0.717, 1.165) is 16.7 Å². The van der Waals surface area contributed by atoms with Crippen molar-refractivity contribution >= 4 is 56.5 Å². The summed E-state index contributed by atoms with van der Waals surface area (Å²) >= 11 is 8.75. The second-order valence-electron chi connectivity index (χ2n) is 6.73. The summed E-state index contributed by atoms with van der Waals surface area (Å²) in [4.78, 5) is 33.4. The van der Waals surface area contributed by atoms with E-state index in [2.05, 4.69) is 15.3 Å². The first kappa shape index (κ1) is 20.7. The number of nitrogens with zero attached hydrogens (tertiary/aromatic N) is 1. The first-order valence-corrected chi connectivity index (χ1v) is 11.4. The fourth-order valence-corrected chi connectivity index (χ4v) is 4.99. The zero-order valence-electron chi connectivity index (χ0n) is 16.2. The summed E-state index contributed by atoms with van der Waals surface area (Å²) in [6.45, 7) is 3.62. The van der Waals surface area contributed by atoms with Crippen molar-refractivity contribution in [1.29, 1.82) is 0 Å². The van der Waals surface area contributed by atoms with Gasteiger partial charge in [0.15, 0.2) is 5.16 Å². The molecular weight excluding hydrogens is 438 g/mol. The van der Waals surface area contributed by atoms with Gasteiger partial charge in [0.2, 0.25) is 5.91 Å². The van der Waals surface area contributed by atoms with Gasteiger partial charge in [0, 0.05) is 21.7 Å². The number of nitrogens with one attached hydrogen (secondary N) is 2. The topological polar surface area (TPSA) is 74.8 Å². The minimum absolute atomic E-state index is 0.190. The summed E-state index contributed by atoms with van der Waals surface area (Å²) in [6, 6.07) is 15.1. The van der Waals surface area contributed by atoms with Gasteiger partial charge in [-0.05, 0) is 37.1 Å². The molecule has 2 heterocycles. The highest BCUT2D eigenvalue weighted by molar-refractivity contribution is 8.00. The minimum atomic E-state index is -0.461. The van der Waals surface area contributed by atoms with Crippen molar-refractivity contribution in [1.82, 2.24) is 9.97 Å². The van der Waals surface area contributed by atoms with Gasteiger partial charge in [-0.1, -0.05) is 59.8 Å². The molecule has 2 aromatic carbocycles. The molecule has 2 aromatic heterocycles. The van der Waals surface area contributed by atoms with Crippen LogP contribution in [0, 0.1) is 6.92 Å². The quantitative estimate of drug-likeness (QED) is 0.297. The van der Waals surface area contributed by atoms with Gasteiger partial charge in [0.05, 0.1) is 10.6 Å². The van der Waals surface area contributed by atoms with Crippen LogP contribution in [-0.4, -0.2) is 21.1 Å². The van der Waals surface area contributed by atoms with Crippen LogP contribution in [0.15, 0.2) is 63.9 Å². The Labute approximate surface area is 186 Å². The molecule has 2 N–H and O–H groups in total. The smallest absolute Gasteiger partial charge is 0.260 e. The Morgan fingerprint density at radius 3 is 2.73 bits per heavy atom. The summed E-state index contributed by atoms with van der Waals surface area (Å²) in [5.74, 6) is -0.190. The number of aromatic amines is 1. The van der Waals surface area contributed by atoms with E-state index in [1.807, 2.05) is 42.6 Å². The number of hydrogen-bond donors (Lipinski definition) is 2. The summed E-state index contributed by atoms with van der Waals surface area (Å²) in [7, 11) is 0. The molecule has 0 spiro atoms. The maximum Gasteiger partial charge on any atom is 0.260 e. The lowest BCUT2D eigenvalue weighted by Gasteiger charge is -2.13. The summed E-state index contributed by atoms with van der Waals surface area (Å²) < 4.78 is 0. The van der Waals surface area contributed by atoms with E-state index in [1.165, 1.54) is 23.1 Å². The first-order chi connectivity index (χ1) is 14.4. The van der Waals surface area contributed by atoms with Gasteiger partial charge in [-0.25, -0.2) is 4.98 Å². The molecule has 0 aliphatic heterocycles. The van der Waals surface area contributed by atoms with Gasteiger partial charge in [0.1, 0.15) is 4.83 Å².